The molecule has 2 aliphatic rings. The molecule has 0 saturated carbocycles. The van der Waals surface area contributed by atoms with Crippen molar-refractivity contribution in [3.63, 3.8) is 0 Å². The number of Topliss-reactive ketones (excluding diaryl/α,β-unsaturated/α-hetero) is 1. The summed E-state index contributed by atoms with van der Waals surface area (Å²) in [6.07, 6.45) is 1.15. The number of ketones is 1. The number of aliphatic imine (C=N–C) groups is 1. The SMILES string of the molecule is CCOC(=O)C1C(C)=NC2=C(C(=O)CC(C)(C)C2)[C@@H]1c1ccc(Br)o1. The molecule has 1 aliphatic heterocycles. The summed E-state index contributed by atoms with van der Waals surface area (Å²) in [5.74, 6) is -0.872. The minimum Gasteiger partial charge on any atom is -0.465 e. The molecule has 1 aromatic rings. The van der Waals surface area contributed by atoms with Crippen LogP contribution in [-0.4, -0.2) is 24.1 Å². The van der Waals surface area contributed by atoms with E-state index in [1.165, 1.54) is 0 Å². The van der Waals surface area contributed by atoms with Crippen LogP contribution < -0.4 is 0 Å². The molecule has 0 bridgehead atoms. The molecule has 1 unspecified atom stereocenters. The van der Waals surface area contributed by atoms with Crippen LogP contribution in [0.5, 0.6) is 0 Å². The van der Waals surface area contributed by atoms with Gasteiger partial charge in [-0.25, -0.2) is 0 Å². The Morgan fingerprint density at radius 2 is 2.12 bits per heavy atom. The van der Waals surface area contributed by atoms with Crippen LogP contribution in [-0.2, 0) is 14.3 Å². The van der Waals surface area contributed by atoms with Crippen LogP contribution in [0, 0.1) is 11.3 Å². The highest BCUT2D eigenvalue weighted by Gasteiger charge is 2.47. The van der Waals surface area contributed by atoms with E-state index in [4.69, 9.17) is 9.15 Å². The van der Waals surface area contributed by atoms with Crippen molar-refractivity contribution in [1.29, 1.82) is 0 Å². The number of esters is 1. The summed E-state index contributed by atoms with van der Waals surface area (Å²) in [6.45, 7) is 8.00. The van der Waals surface area contributed by atoms with Crippen LogP contribution in [0.4, 0.5) is 0 Å². The first-order chi connectivity index (χ1) is 11.7. The van der Waals surface area contributed by atoms with Crippen molar-refractivity contribution in [2.24, 2.45) is 16.3 Å². The van der Waals surface area contributed by atoms with E-state index in [0.717, 1.165) is 5.70 Å². The first-order valence-electron chi connectivity index (χ1n) is 8.47. The molecule has 0 radical (unpaired) electrons. The highest BCUT2D eigenvalue weighted by Crippen LogP contribution is 2.48. The van der Waals surface area contributed by atoms with Crippen molar-refractivity contribution < 1.29 is 18.7 Å². The maximum absolute atomic E-state index is 12.9. The molecule has 6 heteroatoms. The molecular formula is C19H22BrNO4. The minimum absolute atomic E-state index is 0.0364. The summed E-state index contributed by atoms with van der Waals surface area (Å²) < 4.78 is 11.6. The monoisotopic (exact) mass is 407 g/mol. The minimum atomic E-state index is -0.637. The zero-order valence-electron chi connectivity index (χ0n) is 14.9. The van der Waals surface area contributed by atoms with Crippen LogP contribution >= 0.6 is 15.9 Å². The quantitative estimate of drug-likeness (QED) is 0.695. The summed E-state index contributed by atoms with van der Waals surface area (Å²) in [6, 6.07) is 3.58. The molecule has 0 spiro atoms. The van der Waals surface area contributed by atoms with Gasteiger partial charge in [0, 0.05) is 23.4 Å². The Balaban J connectivity index is 2.15. The molecule has 0 amide bonds. The molecule has 0 saturated heterocycles. The summed E-state index contributed by atoms with van der Waals surface area (Å²) >= 11 is 3.31. The molecule has 1 aliphatic carbocycles. The number of nitrogens with zero attached hydrogens (tertiary/aromatic N) is 1. The molecular weight excluding hydrogens is 386 g/mol. The molecule has 1 aromatic heterocycles. The lowest BCUT2D eigenvalue weighted by atomic mass is 9.68. The van der Waals surface area contributed by atoms with Crippen molar-refractivity contribution in [2.75, 3.05) is 6.61 Å². The van der Waals surface area contributed by atoms with Crippen molar-refractivity contribution in [2.45, 2.75) is 46.5 Å². The second-order valence-corrected chi connectivity index (χ2v) is 8.19. The lowest BCUT2D eigenvalue weighted by Gasteiger charge is -2.38. The molecule has 2 atom stereocenters. The number of carbonyl (C=O) groups excluding carboxylic acids is 2. The van der Waals surface area contributed by atoms with Crippen LogP contribution in [0.15, 0.2) is 37.5 Å². The average molecular weight is 408 g/mol. The number of hydrogen-bond donors (Lipinski definition) is 0. The molecule has 5 nitrogen and oxygen atoms in total. The zero-order chi connectivity index (χ0) is 18.4. The van der Waals surface area contributed by atoms with Gasteiger partial charge in [0.2, 0.25) is 0 Å². The van der Waals surface area contributed by atoms with Crippen molar-refractivity contribution in [1.82, 2.24) is 0 Å². The summed E-state index contributed by atoms with van der Waals surface area (Å²) in [7, 11) is 0. The largest absolute Gasteiger partial charge is 0.465 e. The van der Waals surface area contributed by atoms with Gasteiger partial charge < -0.3 is 9.15 Å². The molecule has 3 rings (SSSR count). The highest BCUT2D eigenvalue weighted by atomic mass is 79.9. The Kier molecular flexibility index (Phi) is 4.75. The summed E-state index contributed by atoms with van der Waals surface area (Å²) in [5, 5.41) is 0. The predicted octanol–water partition coefficient (Wildman–Crippen LogP) is 4.42. The van der Waals surface area contributed by atoms with E-state index in [0.29, 0.717) is 34.6 Å². The van der Waals surface area contributed by atoms with Gasteiger partial charge in [-0.1, -0.05) is 13.8 Å². The van der Waals surface area contributed by atoms with E-state index < -0.39 is 11.8 Å². The third-order valence-electron chi connectivity index (χ3n) is 4.74. The molecule has 0 aromatic carbocycles. The fourth-order valence-electron chi connectivity index (χ4n) is 3.79. The number of halogens is 1. The van der Waals surface area contributed by atoms with Gasteiger partial charge in [-0.2, -0.15) is 0 Å². The number of allylic oxidation sites excluding steroid dienone is 2. The predicted molar refractivity (Wildman–Crippen MR) is 97.4 cm³/mol. The Hall–Kier alpha value is -1.69. The van der Waals surface area contributed by atoms with Crippen LogP contribution in [0.3, 0.4) is 0 Å². The molecule has 2 heterocycles. The third kappa shape index (κ3) is 3.36. The zero-order valence-corrected chi connectivity index (χ0v) is 16.5. The number of carbonyl (C=O) groups is 2. The Morgan fingerprint density at radius 3 is 2.72 bits per heavy atom. The van der Waals surface area contributed by atoms with Gasteiger partial charge in [-0.15, -0.1) is 0 Å². The van der Waals surface area contributed by atoms with Crippen LogP contribution in [0.2, 0.25) is 0 Å². The van der Waals surface area contributed by atoms with Gasteiger partial charge in [-0.05, 0) is 53.7 Å². The van der Waals surface area contributed by atoms with Gasteiger partial charge in [0.1, 0.15) is 11.7 Å². The van der Waals surface area contributed by atoms with Gasteiger partial charge in [0.25, 0.3) is 0 Å². The van der Waals surface area contributed by atoms with E-state index >= 15 is 0 Å². The van der Waals surface area contributed by atoms with Crippen molar-refractivity contribution >= 4 is 33.4 Å². The van der Waals surface area contributed by atoms with Gasteiger partial charge in [0.15, 0.2) is 10.5 Å². The van der Waals surface area contributed by atoms with E-state index in [2.05, 4.69) is 34.8 Å². The normalized spacial score (nSPS) is 25.5. The van der Waals surface area contributed by atoms with E-state index in [1.54, 1.807) is 19.1 Å². The molecule has 134 valence electrons. The second-order valence-electron chi connectivity index (χ2n) is 7.40. The summed E-state index contributed by atoms with van der Waals surface area (Å²) in [4.78, 5) is 30.2. The maximum Gasteiger partial charge on any atom is 0.315 e. The number of ether oxygens (including phenoxy) is 1. The van der Waals surface area contributed by atoms with Crippen LogP contribution in [0.25, 0.3) is 0 Å². The standard InChI is InChI=1S/C19H22BrNO4/c1-5-24-18(23)15-10(2)21-11-8-19(3,4)9-12(22)16(11)17(15)13-6-7-14(20)25-13/h6-7,15,17H,5,8-9H2,1-4H3/t15?,17-/m1/s1. The third-order valence-corrected chi connectivity index (χ3v) is 5.17. The lowest BCUT2D eigenvalue weighted by molar-refractivity contribution is -0.146. The highest BCUT2D eigenvalue weighted by molar-refractivity contribution is 9.10. The Bertz CT molecular complexity index is 787. The van der Waals surface area contributed by atoms with E-state index in [1.807, 2.05) is 6.92 Å². The second kappa shape index (κ2) is 6.56. The van der Waals surface area contributed by atoms with Gasteiger partial charge in [0.05, 0.1) is 12.5 Å². The molecule has 25 heavy (non-hydrogen) atoms. The first-order valence-corrected chi connectivity index (χ1v) is 9.26. The Labute approximate surface area is 155 Å². The number of furan rings is 1. The smallest absolute Gasteiger partial charge is 0.315 e. The molecule has 0 fully saturated rings. The number of rotatable bonds is 3. The number of hydrogen-bond acceptors (Lipinski definition) is 5. The topological polar surface area (TPSA) is 68.9 Å². The van der Waals surface area contributed by atoms with Crippen molar-refractivity contribution in [3.8, 4) is 0 Å². The van der Waals surface area contributed by atoms with Crippen molar-refractivity contribution in [3.05, 3.63) is 33.8 Å². The fraction of sp³-hybridized carbons (Fsp3) is 0.526. The maximum atomic E-state index is 12.9. The van der Waals surface area contributed by atoms with E-state index in [9.17, 15) is 9.59 Å². The lowest BCUT2D eigenvalue weighted by Crippen LogP contribution is -2.39. The van der Waals surface area contributed by atoms with E-state index in [-0.39, 0.29) is 23.8 Å². The average Bonchev–Trinajstić information content (AvgIpc) is 2.90. The first kappa shape index (κ1) is 18.1. The van der Waals surface area contributed by atoms with Crippen LogP contribution in [0.1, 0.15) is 52.2 Å². The fourth-order valence-corrected chi connectivity index (χ4v) is 4.10. The Morgan fingerprint density at radius 1 is 1.40 bits per heavy atom. The molecule has 0 N–H and O–H groups in total. The van der Waals surface area contributed by atoms with Gasteiger partial charge >= 0.3 is 5.97 Å². The van der Waals surface area contributed by atoms with Gasteiger partial charge in [-0.3, -0.25) is 14.6 Å². The summed E-state index contributed by atoms with van der Waals surface area (Å²) in [5.41, 5.74) is 1.91.